The summed E-state index contributed by atoms with van der Waals surface area (Å²) < 4.78 is 0. The minimum Gasteiger partial charge on any atom is -0.334 e. The number of amides is 3. The third-order valence-electron chi connectivity index (χ3n) is 3.22. The normalized spacial score (nSPS) is 19.3. The molecule has 5 nitrogen and oxygen atoms in total. The number of nitrogens with one attached hydrogen (secondary N) is 1. The summed E-state index contributed by atoms with van der Waals surface area (Å²) in [6.07, 6.45) is 0.295. The van der Waals surface area contributed by atoms with Crippen LogP contribution in [0, 0.1) is 17.2 Å². The van der Waals surface area contributed by atoms with E-state index in [0.29, 0.717) is 17.7 Å². The van der Waals surface area contributed by atoms with Crippen LogP contribution in [0.5, 0.6) is 0 Å². The highest BCUT2D eigenvalue weighted by Crippen LogP contribution is 2.22. The van der Waals surface area contributed by atoms with Crippen molar-refractivity contribution in [2.75, 3.05) is 4.90 Å². The fraction of sp³-hybridized carbons (Fsp3) is 0.357. The van der Waals surface area contributed by atoms with Gasteiger partial charge in [0.1, 0.15) is 0 Å². The van der Waals surface area contributed by atoms with Crippen molar-refractivity contribution in [1.29, 1.82) is 5.26 Å². The van der Waals surface area contributed by atoms with Gasteiger partial charge in [-0.3, -0.25) is 4.79 Å². The first-order valence-electron chi connectivity index (χ1n) is 6.16. The lowest BCUT2D eigenvalue weighted by Gasteiger charge is -2.33. The van der Waals surface area contributed by atoms with Gasteiger partial charge in [0.25, 0.3) is 0 Å². The second kappa shape index (κ2) is 5.11. The minimum atomic E-state index is -0.403. The largest absolute Gasteiger partial charge is 0.334 e. The first kappa shape index (κ1) is 13.1. The molecule has 19 heavy (non-hydrogen) atoms. The molecule has 1 atom stereocenters. The van der Waals surface area contributed by atoms with Gasteiger partial charge in [0.05, 0.1) is 17.3 Å². The molecular formula is C14H15N3O2. The molecule has 1 aromatic carbocycles. The van der Waals surface area contributed by atoms with E-state index in [-0.39, 0.29) is 17.9 Å². The average molecular weight is 257 g/mol. The van der Waals surface area contributed by atoms with E-state index in [1.165, 1.54) is 0 Å². The molecule has 1 N–H and O–H groups in total. The monoisotopic (exact) mass is 257 g/mol. The minimum absolute atomic E-state index is 0.116. The van der Waals surface area contributed by atoms with Gasteiger partial charge in [0, 0.05) is 12.5 Å². The molecule has 0 saturated carbocycles. The van der Waals surface area contributed by atoms with Crippen molar-refractivity contribution < 1.29 is 9.59 Å². The van der Waals surface area contributed by atoms with Gasteiger partial charge in [0.2, 0.25) is 5.91 Å². The number of imide groups is 1. The Bertz CT molecular complexity index is 525. The Morgan fingerprint density at radius 1 is 1.32 bits per heavy atom. The number of carbonyl (C=O) groups excluding carboxylic acids is 2. The second-order valence-corrected chi connectivity index (χ2v) is 4.89. The summed E-state index contributed by atoms with van der Waals surface area (Å²) in [4.78, 5) is 25.2. The van der Waals surface area contributed by atoms with Crippen LogP contribution in [0.15, 0.2) is 24.3 Å². The van der Waals surface area contributed by atoms with E-state index in [1.807, 2.05) is 19.9 Å². The van der Waals surface area contributed by atoms with Crippen molar-refractivity contribution in [3.05, 3.63) is 29.8 Å². The number of hydrogen-bond acceptors (Lipinski definition) is 3. The Hall–Kier alpha value is -2.35. The van der Waals surface area contributed by atoms with Gasteiger partial charge in [-0.1, -0.05) is 13.8 Å². The molecule has 0 radical (unpaired) electrons. The van der Waals surface area contributed by atoms with Crippen molar-refractivity contribution in [3.8, 4) is 6.07 Å². The van der Waals surface area contributed by atoms with Gasteiger partial charge in [-0.25, -0.2) is 9.69 Å². The molecule has 3 amide bonds. The number of benzene rings is 1. The fourth-order valence-electron chi connectivity index (χ4n) is 2.02. The van der Waals surface area contributed by atoms with Gasteiger partial charge in [0.15, 0.2) is 0 Å². The van der Waals surface area contributed by atoms with Crippen LogP contribution in [0.1, 0.15) is 25.8 Å². The molecule has 0 aromatic heterocycles. The lowest BCUT2D eigenvalue weighted by molar-refractivity contribution is -0.119. The van der Waals surface area contributed by atoms with Crippen LogP contribution in [-0.2, 0) is 4.79 Å². The summed E-state index contributed by atoms with van der Waals surface area (Å²) in [5.41, 5.74) is 0.984. The maximum Gasteiger partial charge on any atom is 0.328 e. The predicted octanol–water partition coefficient (Wildman–Crippen LogP) is 2.03. The van der Waals surface area contributed by atoms with Crippen LogP contribution in [0.3, 0.4) is 0 Å². The van der Waals surface area contributed by atoms with E-state index >= 15 is 0 Å². The molecule has 0 aliphatic carbocycles. The van der Waals surface area contributed by atoms with E-state index in [2.05, 4.69) is 5.32 Å². The van der Waals surface area contributed by atoms with E-state index in [9.17, 15) is 9.59 Å². The van der Waals surface area contributed by atoms with E-state index in [1.54, 1.807) is 24.3 Å². The number of nitrogens with zero attached hydrogens (tertiary/aromatic N) is 2. The Morgan fingerprint density at radius 2 is 1.95 bits per heavy atom. The van der Waals surface area contributed by atoms with Crippen molar-refractivity contribution in [3.63, 3.8) is 0 Å². The fourth-order valence-corrected chi connectivity index (χ4v) is 2.02. The smallest absolute Gasteiger partial charge is 0.328 e. The van der Waals surface area contributed by atoms with Gasteiger partial charge < -0.3 is 5.32 Å². The van der Waals surface area contributed by atoms with Crippen molar-refractivity contribution >= 4 is 17.6 Å². The molecule has 1 saturated heterocycles. The van der Waals surface area contributed by atoms with Crippen LogP contribution in [0.25, 0.3) is 0 Å². The van der Waals surface area contributed by atoms with Crippen molar-refractivity contribution in [1.82, 2.24) is 5.32 Å². The van der Waals surface area contributed by atoms with E-state index in [0.717, 1.165) is 4.90 Å². The van der Waals surface area contributed by atoms with Gasteiger partial charge in [-0.15, -0.1) is 0 Å². The van der Waals surface area contributed by atoms with Crippen molar-refractivity contribution in [2.24, 2.45) is 5.92 Å². The molecule has 0 bridgehead atoms. The highest BCUT2D eigenvalue weighted by molar-refractivity contribution is 6.16. The summed E-state index contributed by atoms with van der Waals surface area (Å²) in [7, 11) is 0. The molecule has 1 aliphatic rings. The molecule has 2 rings (SSSR count). The summed E-state index contributed by atoms with van der Waals surface area (Å²) >= 11 is 0. The third kappa shape index (κ3) is 2.58. The molecule has 1 unspecified atom stereocenters. The summed E-state index contributed by atoms with van der Waals surface area (Å²) in [6, 6.07) is 7.86. The SMILES string of the molecule is CC(C)C1CC(=O)N(c2ccc(C#N)cc2)C(=O)N1. The zero-order valence-corrected chi connectivity index (χ0v) is 10.9. The second-order valence-electron chi connectivity index (χ2n) is 4.89. The maximum absolute atomic E-state index is 12.1. The molecule has 1 aromatic rings. The van der Waals surface area contributed by atoms with E-state index < -0.39 is 6.03 Å². The lowest BCUT2D eigenvalue weighted by Crippen LogP contribution is -2.56. The predicted molar refractivity (Wildman–Crippen MR) is 70.4 cm³/mol. The summed E-state index contributed by atoms with van der Waals surface area (Å²) in [5.74, 6) is 0.00294. The van der Waals surface area contributed by atoms with Crippen molar-refractivity contribution in [2.45, 2.75) is 26.3 Å². The zero-order valence-electron chi connectivity index (χ0n) is 10.9. The number of rotatable bonds is 2. The topological polar surface area (TPSA) is 73.2 Å². The summed E-state index contributed by atoms with van der Waals surface area (Å²) in [6.45, 7) is 3.94. The first-order valence-corrected chi connectivity index (χ1v) is 6.16. The molecule has 5 heteroatoms. The van der Waals surface area contributed by atoms with Crippen LogP contribution in [0.4, 0.5) is 10.5 Å². The van der Waals surface area contributed by atoms with Gasteiger partial charge in [-0.2, -0.15) is 5.26 Å². The highest BCUT2D eigenvalue weighted by Gasteiger charge is 2.34. The van der Waals surface area contributed by atoms with Crippen LogP contribution >= 0.6 is 0 Å². The van der Waals surface area contributed by atoms with Gasteiger partial charge in [-0.05, 0) is 30.2 Å². The van der Waals surface area contributed by atoms with E-state index in [4.69, 9.17) is 5.26 Å². The van der Waals surface area contributed by atoms with Crippen LogP contribution in [-0.4, -0.2) is 18.0 Å². The zero-order chi connectivity index (χ0) is 14.0. The molecule has 1 aliphatic heterocycles. The Morgan fingerprint density at radius 3 is 2.42 bits per heavy atom. The maximum atomic E-state index is 12.1. The first-order chi connectivity index (χ1) is 9.02. The number of anilines is 1. The highest BCUT2D eigenvalue weighted by atomic mass is 16.2. The Kier molecular flexibility index (Phi) is 3.52. The molecule has 98 valence electrons. The number of nitriles is 1. The summed E-state index contributed by atoms with van der Waals surface area (Å²) in [5, 5.41) is 11.6. The van der Waals surface area contributed by atoms with Gasteiger partial charge >= 0.3 is 6.03 Å². The standard InChI is InChI=1S/C14H15N3O2/c1-9(2)12-7-13(18)17(14(19)16-12)11-5-3-10(8-15)4-6-11/h3-6,9,12H,7H2,1-2H3,(H,16,19). The quantitative estimate of drug-likeness (QED) is 0.881. The molecular weight excluding hydrogens is 242 g/mol. The average Bonchev–Trinajstić information content (AvgIpc) is 2.38. The third-order valence-corrected chi connectivity index (χ3v) is 3.22. The Balaban J connectivity index is 2.23. The number of hydrogen-bond donors (Lipinski definition) is 1. The molecule has 1 heterocycles. The van der Waals surface area contributed by atoms with Crippen LogP contribution < -0.4 is 10.2 Å². The molecule has 1 fully saturated rings. The molecule has 0 spiro atoms. The number of urea groups is 1. The van der Waals surface area contributed by atoms with Crippen LogP contribution in [0.2, 0.25) is 0 Å². The Labute approximate surface area is 111 Å². The lowest BCUT2D eigenvalue weighted by atomic mass is 9.98. The number of carbonyl (C=O) groups is 2.